The van der Waals surface area contributed by atoms with Crippen LogP contribution in [0, 0.1) is 6.92 Å². The maximum Gasteiger partial charge on any atom is 0.222 e. The van der Waals surface area contributed by atoms with E-state index in [2.05, 4.69) is 31.2 Å². The van der Waals surface area contributed by atoms with Crippen LogP contribution in [0.2, 0.25) is 5.02 Å². The summed E-state index contributed by atoms with van der Waals surface area (Å²) >= 11 is 9.32. The molecule has 0 spiro atoms. The van der Waals surface area contributed by atoms with Crippen LogP contribution in [0.1, 0.15) is 5.69 Å². The van der Waals surface area contributed by atoms with Crippen LogP contribution in [0.25, 0.3) is 0 Å². The molecular formula is C11H10BrClN4. The molecule has 4 nitrogen and oxygen atoms in total. The lowest BCUT2D eigenvalue weighted by Gasteiger charge is -2.09. The molecule has 0 unspecified atom stereocenters. The van der Waals surface area contributed by atoms with Crippen molar-refractivity contribution in [3.05, 3.63) is 39.5 Å². The average molecular weight is 314 g/mol. The highest BCUT2D eigenvalue weighted by molar-refractivity contribution is 9.10. The summed E-state index contributed by atoms with van der Waals surface area (Å²) < 4.78 is 0.784. The normalized spacial score (nSPS) is 10.3. The van der Waals surface area contributed by atoms with Gasteiger partial charge in [-0.15, -0.1) is 0 Å². The van der Waals surface area contributed by atoms with Crippen molar-refractivity contribution in [3.8, 4) is 0 Å². The van der Waals surface area contributed by atoms with Gasteiger partial charge in [-0.25, -0.2) is 4.98 Å². The Morgan fingerprint density at radius 1 is 1.35 bits per heavy atom. The molecule has 0 atom stereocenters. The molecule has 17 heavy (non-hydrogen) atoms. The number of nitrogens with one attached hydrogen (secondary N) is 1. The Bertz CT molecular complexity index is 559. The second kappa shape index (κ2) is 4.89. The van der Waals surface area contributed by atoms with Crippen LogP contribution in [-0.2, 0) is 0 Å². The van der Waals surface area contributed by atoms with Gasteiger partial charge in [-0.05, 0) is 41.1 Å². The summed E-state index contributed by atoms with van der Waals surface area (Å²) in [5.74, 6) is 0.854. The Morgan fingerprint density at radius 2 is 2.12 bits per heavy atom. The molecule has 0 aliphatic rings. The highest BCUT2D eigenvalue weighted by Gasteiger charge is 2.08. The first kappa shape index (κ1) is 12.1. The first-order valence-electron chi connectivity index (χ1n) is 4.88. The second-order valence-corrected chi connectivity index (χ2v) is 4.69. The third kappa shape index (κ3) is 2.87. The van der Waals surface area contributed by atoms with Crippen molar-refractivity contribution in [3.63, 3.8) is 0 Å². The second-order valence-electron chi connectivity index (χ2n) is 3.47. The van der Waals surface area contributed by atoms with Gasteiger partial charge in [0.25, 0.3) is 0 Å². The maximum absolute atomic E-state index is 5.90. The highest BCUT2D eigenvalue weighted by Crippen LogP contribution is 2.27. The van der Waals surface area contributed by atoms with Crippen LogP contribution in [0.3, 0.4) is 0 Å². The summed E-state index contributed by atoms with van der Waals surface area (Å²) in [6.45, 7) is 1.85. The molecule has 0 saturated heterocycles. The Labute approximate surface area is 112 Å². The van der Waals surface area contributed by atoms with Crippen LogP contribution in [0.4, 0.5) is 17.5 Å². The monoisotopic (exact) mass is 312 g/mol. The lowest BCUT2D eigenvalue weighted by Crippen LogP contribution is -2.03. The highest BCUT2D eigenvalue weighted by atomic mass is 79.9. The zero-order chi connectivity index (χ0) is 12.4. The van der Waals surface area contributed by atoms with Crippen LogP contribution in [-0.4, -0.2) is 9.97 Å². The predicted octanol–water partition coefficient (Wildman–Crippen LogP) is 3.53. The van der Waals surface area contributed by atoms with E-state index in [0.29, 0.717) is 10.8 Å². The van der Waals surface area contributed by atoms with E-state index in [1.807, 2.05) is 25.1 Å². The number of halogens is 2. The average Bonchev–Trinajstić information content (AvgIpc) is 2.25. The summed E-state index contributed by atoms with van der Waals surface area (Å²) in [6, 6.07) is 7.37. The number of nitrogen functional groups attached to an aromatic ring is 1. The zero-order valence-corrected chi connectivity index (χ0v) is 11.4. The van der Waals surface area contributed by atoms with E-state index >= 15 is 0 Å². The number of benzene rings is 1. The van der Waals surface area contributed by atoms with Crippen LogP contribution < -0.4 is 11.1 Å². The molecule has 3 N–H and O–H groups in total. The van der Waals surface area contributed by atoms with E-state index in [4.69, 9.17) is 17.3 Å². The van der Waals surface area contributed by atoms with E-state index in [0.717, 1.165) is 15.9 Å². The van der Waals surface area contributed by atoms with Gasteiger partial charge in [0.15, 0.2) is 5.82 Å². The number of hydrogen-bond acceptors (Lipinski definition) is 4. The number of anilines is 3. The van der Waals surface area contributed by atoms with Gasteiger partial charge in [-0.3, -0.25) is 0 Å². The number of aromatic nitrogens is 2. The summed E-state index contributed by atoms with van der Waals surface area (Å²) in [5, 5.41) is 3.79. The van der Waals surface area contributed by atoms with Gasteiger partial charge in [0.1, 0.15) is 0 Å². The largest absolute Gasteiger partial charge is 0.368 e. The molecule has 88 valence electrons. The van der Waals surface area contributed by atoms with Gasteiger partial charge in [-0.1, -0.05) is 17.7 Å². The van der Waals surface area contributed by atoms with Crippen molar-refractivity contribution in [2.45, 2.75) is 6.92 Å². The molecule has 0 fully saturated rings. The van der Waals surface area contributed by atoms with Crippen LogP contribution in [0.15, 0.2) is 28.7 Å². The minimum atomic E-state index is 0.232. The Balaban J connectivity index is 2.36. The summed E-state index contributed by atoms with van der Waals surface area (Å²) in [6.07, 6.45) is 0. The molecule has 1 aromatic heterocycles. The smallest absolute Gasteiger partial charge is 0.222 e. The fourth-order valence-corrected chi connectivity index (χ4v) is 1.83. The van der Waals surface area contributed by atoms with Crippen molar-refractivity contribution in [2.75, 3.05) is 11.1 Å². The van der Waals surface area contributed by atoms with Gasteiger partial charge in [0.05, 0.1) is 10.2 Å². The summed E-state index contributed by atoms with van der Waals surface area (Å²) in [5.41, 5.74) is 7.23. The maximum atomic E-state index is 5.90. The quantitative estimate of drug-likeness (QED) is 0.890. The standard InChI is InChI=1S/C11H10BrClN4/c1-6-9(12)10(17-11(14)15-6)16-8-4-2-3-7(13)5-8/h2-5H,1H3,(H3,14,15,16,17). The molecule has 2 aromatic rings. The molecule has 0 bridgehead atoms. The van der Waals surface area contributed by atoms with Crippen molar-refractivity contribution >= 4 is 45.0 Å². The van der Waals surface area contributed by atoms with Crippen molar-refractivity contribution in [1.82, 2.24) is 9.97 Å². The molecular weight excluding hydrogens is 304 g/mol. The van der Waals surface area contributed by atoms with E-state index in [9.17, 15) is 0 Å². The molecule has 1 aromatic carbocycles. The number of aryl methyl sites for hydroxylation is 1. The summed E-state index contributed by atoms with van der Waals surface area (Å²) in [7, 11) is 0. The number of hydrogen-bond donors (Lipinski definition) is 2. The lowest BCUT2D eigenvalue weighted by atomic mass is 10.3. The van der Waals surface area contributed by atoms with Gasteiger partial charge < -0.3 is 11.1 Å². The topological polar surface area (TPSA) is 63.8 Å². The molecule has 0 amide bonds. The van der Waals surface area contributed by atoms with Gasteiger partial charge >= 0.3 is 0 Å². The van der Waals surface area contributed by atoms with E-state index < -0.39 is 0 Å². The van der Waals surface area contributed by atoms with Crippen molar-refractivity contribution < 1.29 is 0 Å². The van der Waals surface area contributed by atoms with Gasteiger partial charge in [0.2, 0.25) is 5.95 Å². The third-order valence-corrected chi connectivity index (χ3v) is 3.31. The molecule has 6 heteroatoms. The molecule has 1 heterocycles. The first-order valence-corrected chi connectivity index (χ1v) is 6.05. The van der Waals surface area contributed by atoms with Crippen molar-refractivity contribution in [1.29, 1.82) is 0 Å². The fraction of sp³-hybridized carbons (Fsp3) is 0.0909. The fourth-order valence-electron chi connectivity index (χ4n) is 1.37. The van der Waals surface area contributed by atoms with E-state index in [1.54, 1.807) is 6.07 Å². The van der Waals surface area contributed by atoms with Crippen LogP contribution in [0.5, 0.6) is 0 Å². The molecule has 2 rings (SSSR count). The van der Waals surface area contributed by atoms with E-state index in [1.165, 1.54) is 0 Å². The van der Waals surface area contributed by atoms with Crippen LogP contribution >= 0.6 is 27.5 Å². The SMILES string of the molecule is Cc1nc(N)nc(Nc2cccc(Cl)c2)c1Br. The third-order valence-electron chi connectivity index (χ3n) is 2.12. The Morgan fingerprint density at radius 3 is 2.82 bits per heavy atom. The predicted molar refractivity (Wildman–Crippen MR) is 73.6 cm³/mol. The molecule has 0 saturated carbocycles. The Kier molecular flexibility index (Phi) is 3.49. The van der Waals surface area contributed by atoms with Gasteiger partial charge in [-0.2, -0.15) is 4.98 Å². The van der Waals surface area contributed by atoms with E-state index in [-0.39, 0.29) is 5.95 Å². The minimum Gasteiger partial charge on any atom is -0.368 e. The lowest BCUT2D eigenvalue weighted by molar-refractivity contribution is 1.10. The van der Waals surface area contributed by atoms with Crippen molar-refractivity contribution in [2.24, 2.45) is 0 Å². The number of nitrogens with two attached hydrogens (primary N) is 1. The zero-order valence-electron chi connectivity index (χ0n) is 9.04. The number of rotatable bonds is 2. The summed E-state index contributed by atoms with van der Waals surface area (Å²) in [4.78, 5) is 8.17. The molecule has 0 aliphatic heterocycles. The molecule has 0 radical (unpaired) electrons. The number of nitrogens with zero attached hydrogens (tertiary/aromatic N) is 2. The molecule has 0 aliphatic carbocycles. The van der Waals surface area contributed by atoms with Gasteiger partial charge in [0, 0.05) is 10.7 Å². The Hall–Kier alpha value is -1.33. The minimum absolute atomic E-state index is 0.232. The first-order chi connectivity index (χ1) is 8.06.